The molecule has 0 radical (unpaired) electrons. The highest BCUT2D eigenvalue weighted by Crippen LogP contribution is 2.09. The van der Waals surface area contributed by atoms with E-state index in [4.69, 9.17) is 0 Å². The van der Waals surface area contributed by atoms with Gasteiger partial charge in [0.25, 0.3) is 0 Å². The number of fused-ring (bicyclic) bond motifs is 1. The zero-order valence-electron chi connectivity index (χ0n) is 9.29. The quantitative estimate of drug-likeness (QED) is 0.835. The summed E-state index contributed by atoms with van der Waals surface area (Å²) < 4.78 is 1.65. The number of tetrazole rings is 1. The lowest BCUT2D eigenvalue weighted by Gasteiger charge is -2.11. The molecule has 2 aromatic rings. The Bertz CT molecular complexity index is 456. The van der Waals surface area contributed by atoms with Gasteiger partial charge in [-0.15, -0.1) is 5.10 Å². The molecular formula is C9H14N6S. The SMILES string of the molecule is CSCC(C)CNc1cncc2nnnn12. The third kappa shape index (κ3) is 2.41. The van der Waals surface area contributed by atoms with E-state index in [9.17, 15) is 0 Å². The molecule has 6 nitrogen and oxygen atoms in total. The molecule has 2 rings (SSSR count). The lowest BCUT2D eigenvalue weighted by Crippen LogP contribution is -2.15. The maximum Gasteiger partial charge on any atom is 0.199 e. The molecular weight excluding hydrogens is 224 g/mol. The van der Waals surface area contributed by atoms with Crippen molar-refractivity contribution in [2.75, 3.05) is 23.9 Å². The third-order valence-electron chi connectivity index (χ3n) is 2.19. The Balaban J connectivity index is 2.06. The first kappa shape index (κ1) is 11.1. The van der Waals surface area contributed by atoms with Gasteiger partial charge in [0.05, 0.1) is 12.4 Å². The van der Waals surface area contributed by atoms with E-state index in [2.05, 4.69) is 39.0 Å². The molecule has 7 heteroatoms. The largest absolute Gasteiger partial charge is 0.368 e. The first-order chi connectivity index (χ1) is 7.81. The minimum atomic E-state index is 0.599. The van der Waals surface area contributed by atoms with Crippen molar-refractivity contribution in [2.24, 2.45) is 5.92 Å². The molecule has 0 aliphatic rings. The van der Waals surface area contributed by atoms with Gasteiger partial charge in [0.15, 0.2) is 5.65 Å². The van der Waals surface area contributed by atoms with Crippen LogP contribution in [0.25, 0.3) is 5.65 Å². The highest BCUT2D eigenvalue weighted by Gasteiger charge is 2.05. The van der Waals surface area contributed by atoms with Gasteiger partial charge in [0.2, 0.25) is 0 Å². The Morgan fingerprint density at radius 1 is 1.50 bits per heavy atom. The summed E-state index contributed by atoms with van der Waals surface area (Å²) in [5.74, 6) is 2.56. The Morgan fingerprint density at radius 2 is 2.38 bits per heavy atom. The van der Waals surface area contributed by atoms with Gasteiger partial charge in [0.1, 0.15) is 5.82 Å². The van der Waals surface area contributed by atoms with Gasteiger partial charge in [-0.3, -0.25) is 4.98 Å². The predicted octanol–water partition coefficient (Wildman–Crippen LogP) is 0.930. The average molecular weight is 238 g/mol. The molecule has 86 valence electrons. The molecule has 2 aromatic heterocycles. The topological polar surface area (TPSA) is 68.0 Å². The van der Waals surface area contributed by atoms with E-state index in [-0.39, 0.29) is 0 Å². The Hall–Kier alpha value is -1.37. The maximum absolute atomic E-state index is 4.08. The van der Waals surface area contributed by atoms with Crippen molar-refractivity contribution in [3.8, 4) is 0 Å². The molecule has 0 aliphatic carbocycles. The van der Waals surface area contributed by atoms with Crippen molar-refractivity contribution < 1.29 is 0 Å². The molecule has 0 bridgehead atoms. The van der Waals surface area contributed by atoms with Crippen LogP contribution in [0.15, 0.2) is 12.4 Å². The van der Waals surface area contributed by atoms with Crippen LogP contribution in [0.5, 0.6) is 0 Å². The molecule has 0 saturated carbocycles. The molecule has 0 spiro atoms. The van der Waals surface area contributed by atoms with Crippen molar-refractivity contribution in [3.63, 3.8) is 0 Å². The fraction of sp³-hybridized carbons (Fsp3) is 0.556. The van der Waals surface area contributed by atoms with Crippen LogP contribution >= 0.6 is 11.8 Å². The molecule has 0 aliphatic heterocycles. The smallest absolute Gasteiger partial charge is 0.199 e. The van der Waals surface area contributed by atoms with E-state index in [1.807, 2.05) is 11.8 Å². The molecule has 1 atom stereocenters. The summed E-state index contributed by atoms with van der Waals surface area (Å²) in [6, 6.07) is 0. The maximum atomic E-state index is 4.08. The van der Waals surface area contributed by atoms with Crippen LogP contribution in [0.4, 0.5) is 5.82 Å². The molecule has 1 unspecified atom stereocenters. The fourth-order valence-corrected chi connectivity index (χ4v) is 2.10. The van der Waals surface area contributed by atoms with Crippen LogP contribution in [-0.2, 0) is 0 Å². The summed E-state index contributed by atoms with van der Waals surface area (Å²) in [7, 11) is 0. The summed E-state index contributed by atoms with van der Waals surface area (Å²) in [6.07, 6.45) is 5.48. The zero-order chi connectivity index (χ0) is 11.4. The van der Waals surface area contributed by atoms with Gasteiger partial charge < -0.3 is 5.32 Å². The Labute approximate surface area is 97.8 Å². The van der Waals surface area contributed by atoms with E-state index in [0.717, 1.165) is 18.1 Å². The normalized spacial score (nSPS) is 12.9. The fourth-order valence-electron chi connectivity index (χ4n) is 1.42. The number of rotatable bonds is 5. The van der Waals surface area contributed by atoms with Gasteiger partial charge in [0, 0.05) is 6.54 Å². The first-order valence-corrected chi connectivity index (χ1v) is 6.45. The van der Waals surface area contributed by atoms with Gasteiger partial charge in [-0.05, 0) is 28.4 Å². The van der Waals surface area contributed by atoms with E-state index in [1.165, 1.54) is 0 Å². The van der Waals surface area contributed by atoms with Crippen LogP contribution in [0, 0.1) is 5.92 Å². The van der Waals surface area contributed by atoms with E-state index in [1.54, 1.807) is 16.9 Å². The van der Waals surface area contributed by atoms with Gasteiger partial charge >= 0.3 is 0 Å². The molecule has 0 fully saturated rings. The van der Waals surface area contributed by atoms with E-state index >= 15 is 0 Å². The van der Waals surface area contributed by atoms with E-state index in [0.29, 0.717) is 11.6 Å². The molecule has 2 heterocycles. The summed E-state index contributed by atoms with van der Waals surface area (Å²) in [6.45, 7) is 3.10. The summed E-state index contributed by atoms with van der Waals surface area (Å²) in [5, 5.41) is 14.6. The van der Waals surface area contributed by atoms with Crippen molar-refractivity contribution in [2.45, 2.75) is 6.92 Å². The second-order valence-electron chi connectivity index (χ2n) is 3.68. The standard InChI is InChI=1S/C9H14N6S/c1-7(6-16-2)3-11-8-4-10-5-9-12-13-14-15(8)9/h4-5,7,11H,3,6H2,1-2H3. The first-order valence-electron chi connectivity index (χ1n) is 5.06. The second-order valence-corrected chi connectivity index (χ2v) is 4.59. The minimum absolute atomic E-state index is 0.599. The number of anilines is 1. The van der Waals surface area contributed by atoms with Crippen LogP contribution < -0.4 is 5.32 Å². The van der Waals surface area contributed by atoms with Crippen molar-refractivity contribution >= 4 is 23.2 Å². The Kier molecular flexibility index (Phi) is 3.55. The third-order valence-corrected chi connectivity index (χ3v) is 3.09. The molecule has 16 heavy (non-hydrogen) atoms. The molecule has 0 aromatic carbocycles. The van der Waals surface area contributed by atoms with Crippen molar-refractivity contribution in [1.29, 1.82) is 0 Å². The number of nitrogens with zero attached hydrogens (tertiary/aromatic N) is 5. The monoisotopic (exact) mass is 238 g/mol. The predicted molar refractivity (Wildman–Crippen MR) is 64.6 cm³/mol. The van der Waals surface area contributed by atoms with Crippen molar-refractivity contribution in [3.05, 3.63) is 12.4 Å². The van der Waals surface area contributed by atoms with Gasteiger partial charge in [-0.1, -0.05) is 6.92 Å². The van der Waals surface area contributed by atoms with E-state index < -0.39 is 0 Å². The zero-order valence-corrected chi connectivity index (χ0v) is 10.1. The summed E-state index contributed by atoms with van der Waals surface area (Å²) in [5.41, 5.74) is 0.655. The number of thioether (sulfide) groups is 1. The highest BCUT2D eigenvalue weighted by atomic mass is 32.2. The number of nitrogens with one attached hydrogen (secondary N) is 1. The van der Waals surface area contributed by atoms with Crippen molar-refractivity contribution in [1.82, 2.24) is 25.0 Å². The number of hydrogen-bond acceptors (Lipinski definition) is 6. The number of aromatic nitrogens is 5. The highest BCUT2D eigenvalue weighted by molar-refractivity contribution is 7.98. The van der Waals surface area contributed by atoms with Crippen LogP contribution in [0.2, 0.25) is 0 Å². The number of hydrogen-bond donors (Lipinski definition) is 1. The lowest BCUT2D eigenvalue weighted by molar-refractivity contribution is 0.694. The van der Waals surface area contributed by atoms with Crippen LogP contribution in [-0.4, -0.2) is 43.6 Å². The molecule has 1 N–H and O–H groups in total. The van der Waals surface area contributed by atoms with Gasteiger partial charge in [-0.2, -0.15) is 16.3 Å². The van der Waals surface area contributed by atoms with Gasteiger partial charge in [-0.25, -0.2) is 0 Å². The molecule has 0 amide bonds. The average Bonchev–Trinajstić information content (AvgIpc) is 2.75. The Morgan fingerprint density at radius 3 is 3.19 bits per heavy atom. The van der Waals surface area contributed by atoms with Crippen LogP contribution in [0.1, 0.15) is 6.92 Å². The summed E-state index contributed by atoms with van der Waals surface area (Å²) in [4.78, 5) is 4.08. The second kappa shape index (κ2) is 5.11. The lowest BCUT2D eigenvalue weighted by atomic mass is 10.2. The minimum Gasteiger partial charge on any atom is -0.368 e. The van der Waals surface area contributed by atoms with Crippen LogP contribution in [0.3, 0.4) is 0 Å². The molecule has 0 saturated heterocycles. The summed E-state index contributed by atoms with van der Waals surface area (Å²) >= 11 is 1.85.